The van der Waals surface area contributed by atoms with Gasteiger partial charge in [0.25, 0.3) is 0 Å². The highest BCUT2D eigenvalue weighted by Crippen LogP contribution is 2.33. The van der Waals surface area contributed by atoms with Gasteiger partial charge in [-0.3, -0.25) is 0 Å². The first-order valence-electron chi connectivity index (χ1n) is 5.76. The number of nitrogens with two attached hydrogens (primary N) is 1. The molecule has 0 atom stereocenters. The zero-order valence-electron chi connectivity index (χ0n) is 9.90. The summed E-state index contributed by atoms with van der Waals surface area (Å²) in [6, 6.07) is 15.1. The maximum atomic E-state index is 6.16. The van der Waals surface area contributed by atoms with E-state index < -0.39 is 0 Å². The molecule has 0 spiro atoms. The van der Waals surface area contributed by atoms with E-state index in [9.17, 15) is 0 Å². The highest BCUT2D eigenvalue weighted by Gasteiger charge is 2.09. The van der Waals surface area contributed by atoms with E-state index in [1.165, 1.54) is 0 Å². The second-order valence-corrected chi connectivity index (χ2v) is 5.09. The number of halogens is 2. The van der Waals surface area contributed by atoms with Crippen LogP contribution in [0.1, 0.15) is 0 Å². The first-order chi connectivity index (χ1) is 9.15. The number of rotatable bonds is 1. The number of anilines is 1. The summed E-state index contributed by atoms with van der Waals surface area (Å²) in [6.07, 6.45) is 0. The van der Waals surface area contributed by atoms with Crippen LogP contribution in [-0.4, -0.2) is 4.98 Å². The van der Waals surface area contributed by atoms with Crippen LogP contribution in [0.3, 0.4) is 0 Å². The fourth-order valence-corrected chi connectivity index (χ4v) is 2.66. The van der Waals surface area contributed by atoms with Crippen LogP contribution in [0.15, 0.2) is 48.5 Å². The van der Waals surface area contributed by atoms with Gasteiger partial charge in [-0.2, -0.15) is 0 Å². The highest BCUT2D eigenvalue weighted by atomic mass is 35.5. The van der Waals surface area contributed by atoms with E-state index in [-0.39, 0.29) is 0 Å². The third kappa shape index (κ3) is 2.25. The fourth-order valence-electron chi connectivity index (χ4n) is 2.07. The van der Waals surface area contributed by atoms with Gasteiger partial charge in [0.15, 0.2) is 0 Å². The van der Waals surface area contributed by atoms with Crippen LogP contribution in [0.25, 0.3) is 22.2 Å². The molecule has 0 unspecified atom stereocenters. The SMILES string of the molecule is Nc1cc(-c2ccccc2)nc2cc(Cl)cc(Cl)c12. The number of fused-ring (bicyclic) bond motifs is 1. The van der Waals surface area contributed by atoms with Crippen molar-refractivity contribution >= 4 is 39.8 Å². The summed E-state index contributed by atoms with van der Waals surface area (Å²) in [5.41, 5.74) is 9.20. The number of nitrogen functional groups attached to an aromatic ring is 1. The van der Waals surface area contributed by atoms with Crippen molar-refractivity contribution in [1.29, 1.82) is 0 Å². The van der Waals surface area contributed by atoms with Crippen LogP contribution in [0.2, 0.25) is 10.0 Å². The first-order valence-corrected chi connectivity index (χ1v) is 6.51. The number of aromatic nitrogens is 1. The van der Waals surface area contributed by atoms with Crippen molar-refractivity contribution in [2.24, 2.45) is 0 Å². The lowest BCUT2D eigenvalue weighted by molar-refractivity contribution is 1.40. The zero-order valence-corrected chi connectivity index (χ0v) is 11.4. The summed E-state index contributed by atoms with van der Waals surface area (Å²) >= 11 is 12.2. The van der Waals surface area contributed by atoms with Crippen molar-refractivity contribution in [3.63, 3.8) is 0 Å². The Morgan fingerprint density at radius 3 is 2.42 bits per heavy atom. The predicted molar refractivity (Wildman–Crippen MR) is 81.6 cm³/mol. The van der Waals surface area contributed by atoms with E-state index in [0.29, 0.717) is 21.2 Å². The van der Waals surface area contributed by atoms with Crippen LogP contribution < -0.4 is 5.73 Å². The summed E-state index contributed by atoms with van der Waals surface area (Å²) in [7, 11) is 0. The molecule has 0 aliphatic heterocycles. The first kappa shape index (κ1) is 12.3. The molecule has 2 N–H and O–H groups in total. The summed E-state index contributed by atoms with van der Waals surface area (Å²) in [5, 5.41) is 1.81. The number of benzene rings is 2. The molecule has 0 radical (unpaired) electrons. The van der Waals surface area contributed by atoms with Gasteiger partial charge in [0.2, 0.25) is 0 Å². The summed E-state index contributed by atoms with van der Waals surface area (Å²) in [4.78, 5) is 4.58. The molecule has 0 aliphatic carbocycles. The molecular weight excluding hydrogens is 279 g/mol. The molecule has 0 aliphatic rings. The predicted octanol–water partition coefficient (Wildman–Crippen LogP) is 4.79. The number of pyridine rings is 1. The molecule has 3 aromatic rings. The van der Waals surface area contributed by atoms with Gasteiger partial charge >= 0.3 is 0 Å². The van der Waals surface area contributed by atoms with Gasteiger partial charge in [0.1, 0.15) is 0 Å². The van der Waals surface area contributed by atoms with E-state index in [4.69, 9.17) is 28.9 Å². The highest BCUT2D eigenvalue weighted by molar-refractivity contribution is 6.39. The third-order valence-electron chi connectivity index (χ3n) is 2.93. The summed E-state index contributed by atoms with van der Waals surface area (Å²) < 4.78 is 0. The van der Waals surface area contributed by atoms with Gasteiger partial charge in [0.05, 0.1) is 16.2 Å². The lowest BCUT2D eigenvalue weighted by Crippen LogP contribution is -1.93. The van der Waals surface area contributed by atoms with Crippen LogP contribution in [0.5, 0.6) is 0 Å². The van der Waals surface area contributed by atoms with Gasteiger partial charge in [-0.1, -0.05) is 53.5 Å². The van der Waals surface area contributed by atoms with Gasteiger partial charge in [-0.05, 0) is 18.2 Å². The van der Waals surface area contributed by atoms with Gasteiger partial charge in [0, 0.05) is 21.7 Å². The molecule has 19 heavy (non-hydrogen) atoms. The molecule has 94 valence electrons. The fraction of sp³-hybridized carbons (Fsp3) is 0. The van der Waals surface area contributed by atoms with Crippen molar-refractivity contribution in [3.05, 3.63) is 58.6 Å². The topological polar surface area (TPSA) is 38.9 Å². The summed E-state index contributed by atoms with van der Waals surface area (Å²) in [5.74, 6) is 0. The van der Waals surface area contributed by atoms with Crippen LogP contribution in [0, 0.1) is 0 Å². The maximum Gasteiger partial charge on any atom is 0.0760 e. The second-order valence-electron chi connectivity index (χ2n) is 4.24. The number of hydrogen-bond donors (Lipinski definition) is 1. The third-order valence-corrected chi connectivity index (χ3v) is 3.44. The van der Waals surface area contributed by atoms with Crippen molar-refractivity contribution < 1.29 is 0 Å². The Hall–Kier alpha value is -1.77. The molecule has 1 heterocycles. The maximum absolute atomic E-state index is 6.16. The average Bonchev–Trinajstić information content (AvgIpc) is 2.38. The van der Waals surface area contributed by atoms with E-state index in [1.807, 2.05) is 36.4 Å². The van der Waals surface area contributed by atoms with Gasteiger partial charge < -0.3 is 5.73 Å². The normalized spacial score (nSPS) is 10.8. The molecule has 0 bridgehead atoms. The lowest BCUT2D eigenvalue weighted by atomic mass is 10.1. The Bertz CT molecular complexity index is 755. The molecule has 0 fully saturated rings. The summed E-state index contributed by atoms with van der Waals surface area (Å²) in [6.45, 7) is 0. The molecule has 2 nitrogen and oxygen atoms in total. The van der Waals surface area contributed by atoms with Crippen molar-refractivity contribution in [1.82, 2.24) is 4.98 Å². The van der Waals surface area contributed by atoms with E-state index in [1.54, 1.807) is 12.1 Å². The lowest BCUT2D eigenvalue weighted by Gasteiger charge is -2.08. The standard InChI is InChI=1S/C15H10Cl2N2/c16-10-6-11(17)15-12(18)8-13(19-14(15)7-10)9-4-2-1-3-5-9/h1-8H,(H2,18,19). The van der Waals surface area contributed by atoms with Gasteiger partial charge in [-0.15, -0.1) is 0 Å². The van der Waals surface area contributed by atoms with Crippen LogP contribution >= 0.6 is 23.2 Å². The molecule has 4 heteroatoms. The molecule has 0 amide bonds. The number of hydrogen-bond acceptors (Lipinski definition) is 2. The minimum atomic E-state index is 0.520. The van der Waals surface area contributed by atoms with E-state index in [2.05, 4.69) is 4.98 Å². The zero-order chi connectivity index (χ0) is 13.4. The average molecular weight is 289 g/mol. The Balaban J connectivity index is 2.31. The minimum absolute atomic E-state index is 0.520. The smallest absolute Gasteiger partial charge is 0.0760 e. The van der Waals surface area contributed by atoms with Crippen molar-refractivity contribution in [3.8, 4) is 11.3 Å². The Kier molecular flexibility index (Phi) is 3.05. The molecular formula is C15H10Cl2N2. The minimum Gasteiger partial charge on any atom is -0.398 e. The van der Waals surface area contributed by atoms with Crippen molar-refractivity contribution in [2.75, 3.05) is 5.73 Å². The molecule has 0 saturated carbocycles. The van der Waals surface area contributed by atoms with E-state index >= 15 is 0 Å². The second kappa shape index (κ2) is 4.72. The molecule has 0 saturated heterocycles. The largest absolute Gasteiger partial charge is 0.398 e. The Morgan fingerprint density at radius 2 is 1.68 bits per heavy atom. The monoisotopic (exact) mass is 288 g/mol. The Labute approximate surface area is 120 Å². The van der Waals surface area contributed by atoms with Crippen molar-refractivity contribution in [2.45, 2.75) is 0 Å². The molecule has 3 rings (SSSR count). The van der Waals surface area contributed by atoms with Crippen LogP contribution in [-0.2, 0) is 0 Å². The van der Waals surface area contributed by atoms with Crippen LogP contribution in [0.4, 0.5) is 5.69 Å². The number of nitrogens with zero attached hydrogens (tertiary/aromatic N) is 1. The quantitative estimate of drug-likeness (QED) is 0.699. The van der Waals surface area contributed by atoms with Gasteiger partial charge in [-0.25, -0.2) is 4.98 Å². The Morgan fingerprint density at radius 1 is 0.947 bits per heavy atom. The molecule has 2 aromatic carbocycles. The molecule has 1 aromatic heterocycles. The van der Waals surface area contributed by atoms with E-state index in [0.717, 1.165) is 16.6 Å².